The van der Waals surface area contributed by atoms with Gasteiger partial charge in [-0.2, -0.15) is 0 Å². The molecular weight excluding hydrogens is 246 g/mol. The van der Waals surface area contributed by atoms with Gasteiger partial charge in [0.15, 0.2) is 0 Å². The minimum absolute atomic E-state index is 0.115. The van der Waals surface area contributed by atoms with Gasteiger partial charge in [0, 0.05) is 18.7 Å². The van der Waals surface area contributed by atoms with Gasteiger partial charge >= 0.3 is 12.1 Å². The van der Waals surface area contributed by atoms with Gasteiger partial charge in [-0.25, -0.2) is 9.59 Å². The molecule has 19 heavy (non-hydrogen) atoms. The maximum atomic E-state index is 12.1. The average molecular weight is 269 g/mol. The molecule has 0 aliphatic carbocycles. The number of carbonyl (C=O) groups excluding carboxylic acids is 2. The Hall–Kier alpha value is -1.52. The third kappa shape index (κ3) is 4.93. The lowest BCUT2D eigenvalue weighted by Gasteiger charge is -2.36. The molecule has 1 fully saturated rings. The van der Waals surface area contributed by atoms with Crippen molar-refractivity contribution >= 4 is 12.1 Å². The number of ether oxygens (including phenoxy) is 2. The highest BCUT2D eigenvalue weighted by molar-refractivity contribution is 5.83. The van der Waals surface area contributed by atoms with E-state index < -0.39 is 5.60 Å². The largest absolute Gasteiger partial charge is 0.466 e. The van der Waals surface area contributed by atoms with Gasteiger partial charge in [0.2, 0.25) is 0 Å². The average Bonchev–Trinajstić information content (AvgIpc) is 2.29. The van der Waals surface area contributed by atoms with Crippen molar-refractivity contribution in [2.24, 2.45) is 0 Å². The minimum Gasteiger partial charge on any atom is -0.466 e. The highest BCUT2D eigenvalue weighted by Crippen LogP contribution is 2.23. The van der Waals surface area contributed by atoms with Crippen LogP contribution in [0.3, 0.4) is 0 Å². The van der Waals surface area contributed by atoms with Crippen LogP contribution in [0.4, 0.5) is 4.79 Å². The smallest absolute Gasteiger partial charge is 0.410 e. The van der Waals surface area contributed by atoms with Crippen molar-refractivity contribution in [3.05, 3.63) is 11.6 Å². The van der Waals surface area contributed by atoms with Crippen LogP contribution < -0.4 is 0 Å². The molecule has 0 bridgehead atoms. The lowest BCUT2D eigenvalue weighted by Crippen LogP contribution is -2.45. The Morgan fingerprint density at radius 2 is 2.00 bits per heavy atom. The molecule has 1 unspecified atom stereocenters. The van der Waals surface area contributed by atoms with Gasteiger partial charge in [-0.15, -0.1) is 0 Å². The molecule has 5 nitrogen and oxygen atoms in total. The third-order valence-corrected chi connectivity index (χ3v) is 2.94. The molecule has 0 radical (unpaired) electrons. The van der Waals surface area contributed by atoms with Crippen LogP contribution in [-0.4, -0.2) is 42.3 Å². The van der Waals surface area contributed by atoms with Gasteiger partial charge in [0.05, 0.1) is 7.11 Å². The van der Waals surface area contributed by atoms with Crippen molar-refractivity contribution in [3.8, 4) is 0 Å². The van der Waals surface area contributed by atoms with E-state index >= 15 is 0 Å². The fourth-order valence-electron chi connectivity index (χ4n) is 1.91. The topological polar surface area (TPSA) is 55.8 Å². The van der Waals surface area contributed by atoms with Gasteiger partial charge in [-0.05, 0) is 46.1 Å². The van der Waals surface area contributed by atoms with Crippen molar-refractivity contribution in [2.75, 3.05) is 13.7 Å². The number of hydrogen-bond donors (Lipinski definition) is 0. The Labute approximate surface area is 114 Å². The fourth-order valence-corrected chi connectivity index (χ4v) is 1.91. The summed E-state index contributed by atoms with van der Waals surface area (Å²) in [6.07, 6.45) is 2.75. The molecular formula is C14H23NO4. The summed E-state index contributed by atoms with van der Waals surface area (Å²) in [5, 5.41) is 0. The van der Waals surface area contributed by atoms with E-state index in [0.717, 1.165) is 18.4 Å². The fraction of sp³-hybridized carbons (Fsp3) is 0.714. The number of esters is 1. The van der Waals surface area contributed by atoms with E-state index in [4.69, 9.17) is 4.74 Å². The summed E-state index contributed by atoms with van der Waals surface area (Å²) < 4.78 is 9.98. The Bertz CT molecular complexity index is 381. The molecule has 5 heteroatoms. The molecule has 0 spiro atoms. The van der Waals surface area contributed by atoms with Crippen molar-refractivity contribution in [1.29, 1.82) is 0 Å². The van der Waals surface area contributed by atoms with Crippen LogP contribution >= 0.6 is 0 Å². The van der Waals surface area contributed by atoms with E-state index in [1.165, 1.54) is 13.2 Å². The third-order valence-electron chi connectivity index (χ3n) is 2.94. The van der Waals surface area contributed by atoms with Gasteiger partial charge in [-0.1, -0.05) is 0 Å². The maximum absolute atomic E-state index is 12.1. The first-order valence-electron chi connectivity index (χ1n) is 6.50. The Morgan fingerprint density at radius 1 is 1.37 bits per heavy atom. The monoisotopic (exact) mass is 269 g/mol. The Morgan fingerprint density at radius 3 is 2.53 bits per heavy atom. The zero-order chi connectivity index (χ0) is 14.6. The van der Waals surface area contributed by atoms with Crippen molar-refractivity contribution in [1.82, 2.24) is 4.90 Å². The summed E-state index contributed by atoms with van der Waals surface area (Å²) in [6, 6.07) is 0.115. The molecule has 1 atom stereocenters. The van der Waals surface area contributed by atoms with Crippen LogP contribution in [0.25, 0.3) is 0 Å². The molecule has 1 saturated heterocycles. The lowest BCUT2D eigenvalue weighted by atomic mass is 9.99. The van der Waals surface area contributed by atoms with E-state index in [1.807, 2.05) is 27.7 Å². The summed E-state index contributed by atoms with van der Waals surface area (Å²) >= 11 is 0. The Kier molecular flexibility index (Phi) is 4.97. The molecule has 1 rings (SSSR count). The first-order valence-corrected chi connectivity index (χ1v) is 6.50. The first-order chi connectivity index (χ1) is 8.73. The first kappa shape index (κ1) is 15.5. The number of nitrogens with zero attached hydrogens (tertiary/aromatic N) is 1. The minimum atomic E-state index is -0.513. The number of likely N-dealkylation sites (tertiary alicyclic amines) is 1. The van der Waals surface area contributed by atoms with Gasteiger partial charge in [0.25, 0.3) is 0 Å². The summed E-state index contributed by atoms with van der Waals surface area (Å²) in [7, 11) is 1.34. The highest BCUT2D eigenvalue weighted by Gasteiger charge is 2.29. The molecule has 1 heterocycles. The van der Waals surface area contributed by atoms with E-state index in [1.54, 1.807) is 4.90 Å². The lowest BCUT2D eigenvalue weighted by molar-refractivity contribution is -0.134. The summed E-state index contributed by atoms with van der Waals surface area (Å²) in [5.74, 6) is -0.381. The second kappa shape index (κ2) is 6.08. The predicted molar refractivity (Wildman–Crippen MR) is 71.7 cm³/mol. The zero-order valence-electron chi connectivity index (χ0n) is 12.4. The van der Waals surface area contributed by atoms with Crippen molar-refractivity contribution < 1.29 is 19.1 Å². The number of rotatable bonds is 1. The van der Waals surface area contributed by atoms with Crippen LogP contribution in [-0.2, 0) is 14.3 Å². The number of piperidine rings is 1. The predicted octanol–water partition coefficient (Wildman–Crippen LogP) is 2.51. The second-order valence-corrected chi connectivity index (χ2v) is 5.82. The molecule has 1 aliphatic rings. The van der Waals surface area contributed by atoms with E-state index in [-0.39, 0.29) is 18.1 Å². The molecule has 0 aromatic heterocycles. The van der Waals surface area contributed by atoms with Crippen molar-refractivity contribution in [3.63, 3.8) is 0 Å². The standard InChI is InChI=1S/C14H23NO4/c1-10-6-7-11(8-12(16)18-5)9-15(10)13(17)19-14(2,3)4/h8,10H,6-7,9H2,1-5H3/b11-8-. The SMILES string of the molecule is COC(=O)/C=C1/CCC(C)N(C(=O)OC(C)(C)C)C1. The summed E-state index contributed by atoms with van der Waals surface area (Å²) in [6.45, 7) is 7.92. The molecule has 0 aromatic rings. The van der Waals surface area contributed by atoms with Crippen molar-refractivity contribution in [2.45, 2.75) is 52.2 Å². The highest BCUT2D eigenvalue weighted by atomic mass is 16.6. The summed E-state index contributed by atoms with van der Waals surface area (Å²) in [5.41, 5.74) is 0.385. The number of methoxy groups -OCH3 is 1. The van der Waals surface area contributed by atoms with Gasteiger partial charge < -0.3 is 14.4 Å². The van der Waals surface area contributed by atoms with Crippen LogP contribution in [0.5, 0.6) is 0 Å². The van der Waals surface area contributed by atoms with Crippen LogP contribution in [0.1, 0.15) is 40.5 Å². The maximum Gasteiger partial charge on any atom is 0.410 e. The molecule has 108 valence electrons. The van der Waals surface area contributed by atoms with Crippen LogP contribution in [0, 0.1) is 0 Å². The Balaban J connectivity index is 2.74. The van der Waals surface area contributed by atoms with E-state index in [9.17, 15) is 9.59 Å². The second-order valence-electron chi connectivity index (χ2n) is 5.82. The zero-order valence-corrected chi connectivity index (χ0v) is 12.4. The van der Waals surface area contributed by atoms with E-state index in [0.29, 0.717) is 6.54 Å². The molecule has 0 N–H and O–H groups in total. The quantitative estimate of drug-likeness (QED) is 0.542. The van der Waals surface area contributed by atoms with Gasteiger partial charge in [0.1, 0.15) is 5.60 Å². The molecule has 0 saturated carbocycles. The summed E-state index contributed by atoms with van der Waals surface area (Å²) in [4.78, 5) is 25.0. The number of hydrogen-bond acceptors (Lipinski definition) is 4. The van der Waals surface area contributed by atoms with Crippen LogP contribution in [0.15, 0.2) is 11.6 Å². The molecule has 1 amide bonds. The number of carbonyl (C=O) groups is 2. The number of amides is 1. The normalized spacial score (nSPS) is 22.3. The molecule has 0 aromatic carbocycles. The van der Waals surface area contributed by atoms with Gasteiger partial charge in [-0.3, -0.25) is 0 Å². The molecule has 1 aliphatic heterocycles. The van der Waals surface area contributed by atoms with Crippen LogP contribution in [0.2, 0.25) is 0 Å². The van der Waals surface area contributed by atoms with E-state index in [2.05, 4.69) is 4.74 Å².